The molecule has 1 fully saturated rings. The molecular weight excluding hydrogens is 472 g/mol. The molecule has 0 spiro atoms. The van der Waals surface area contributed by atoms with Crippen LogP contribution in [0.4, 0.5) is 21.9 Å². The van der Waals surface area contributed by atoms with Gasteiger partial charge in [-0.2, -0.15) is 0 Å². The van der Waals surface area contributed by atoms with E-state index in [0.29, 0.717) is 17.1 Å². The topological polar surface area (TPSA) is 111 Å². The fourth-order valence-corrected chi connectivity index (χ4v) is 5.06. The molecule has 2 aromatic carbocycles. The lowest BCUT2D eigenvalue weighted by atomic mass is 9.88. The summed E-state index contributed by atoms with van der Waals surface area (Å²) >= 11 is 0. The van der Waals surface area contributed by atoms with Gasteiger partial charge in [0.2, 0.25) is 5.91 Å². The van der Waals surface area contributed by atoms with Gasteiger partial charge in [-0.05, 0) is 76.4 Å². The maximum Gasteiger partial charge on any atom is 0.323 e. The average Bonchev–Trinajstić information content (AvgIpc) is 2.85. The van der Waals surface area contributed by atoms with Crippen molar-refractivity contribution in [2.75, 3.05) is 35.7 Å². The quantitative estimate of drug-likeness (QED) is 0.440. The first-order valence-corrected chi connectivity index (χ1v) is 12.7. The molecule has 0 aliphatic carbocycles. The normalized spacial score (nSPS) is 15.9. The van der Waals surface area contributed by atoms with Gasteiger partial charge in [-0.3, -0.25) is 9.59 Å². The van der Waals surface area contributed by atoms with Gasteiger partial charge in [0.25, 0.3) is 0 Å². The number of carbonyl (C=O) groups excluding carboxylic acids is 2. The second-order valence-electron chi connectivity index (χ2n) is 9.73. The number of anilines is 3. The number of carbonyl (C=O) groups is 3. The first kappa shape index (κ1) is 28.0. The van der Waals surface area contributed by atoms with E-state index in [2.05, 4.69) is 22.5 Å². The Labute approximate surface area is 218 Å². The number of urea groups is 1. The number of nitrogens with one attached hydrogen (secondary N) is 2. The van der Waals surface area contributed by atoms with Crippen LogP contribution in [0.3, 0.4) is 0 Å². The number of amides is 3. The van der Waals surface area contributed by atoms with E-state index < -0.39 is 5.97 Å². The summed E-state index contributed by atoms with van der Waals surface area (Å²) in [6, 6.07) is 12.4. The van der Waals surface area contributed by atoms with Crippen molar-refractivity contribution in [2.45, 2.75) is 59.0 Å². The molecule has 9 nitrogen and oxygen atoms in total. The van der Waals surface area contributed by atoms with Gasteiger partial charge in [-0.25, -0.2) is 4.79 Å². The molecule has 3 N–H and O–H groups in total. The lowest BCUT2D eigenvalue weighted by Gasteiger charge is -2.41. The molecule has 1 saturated heterocycles. The van der Waals surface area contributed by atoms with Gasteiger partial charge >= 0.3 is 12.0 Å². The summed E-state index contributed by atoms with van der Waals surface area (Å²) in [5.74, 6) is -0.131. The van der Waals surface area contributed by atoms with Crippen LogP contribution < -0.4 is 20.3 Å². The summed E-state index contributed by atoms with van der Waals surface area (Å²) in [6.45, 7) is 9.08. The summed E-state index contributed by atoms with van der Waals surface area (Å²) in [4.78, 5) is 40.4. The van der Waals surface area contributed by atoms with Crippen LogP contribution in [0.5, 0.6) is 5.75 Å². The highest BCUT2D eigenvalue weighted by atomic mass is 16.5. The molecule has 1 aliphatic rings. The predicted octanol–water partition coefficient (Wildman–Crippen LogP) is 4.96. The highest BCUT2D eigenvalue weighted by molar-refractivity contribution is 6.01. The molecule has 2 aromatic rings. The van der Waals surface area contributed by atoms with Gasteiger partial charge in [0.15, 0.2) is 0 Å². The maximum atomic E-state index is 12.7. The number of carboxylic acid groups (broad SMARTS) is 1. The molecule has 0 radical (unpaired) electrons. The largest absolute Gasteiger partial charge is 0.494 e. The second kappa shape index (κ2) is 12.6. The van der Waals surface area contributed by atoms with E-state index in [1.54, 1.807) is 24.0 Å². The molecule has 2 atom stereocenters. The monoisotopic (exact) mass is 510 g/mol. The molecular formula is C28H38N4O5. The highest BCUT2D eigenvalue weighted by Gasteiger charge is 2.32. The van der Waals surface area contributed by atoms with E-state index >= 15 is 0 Å². The van der Waals surface area contributed by atoms with Crippen molar-refractivity contribution >= 4 is 35.0 Å². The number of ether oxygens (including phenoxy) is 1. The van der Waals surface area contributed by atoms with Crippen LogP contribution in [0.25, 0.3) is 0 Å². The van der Waals surface area contributed by atoms with Gasteiger partial charge in [0.05, 0.1) is 19.2 Å². The van der Waals surface area contributed by atoms with Gasteiger partial charge in [0.1, 0.15) is 5.75 Å². The van der Waals surface area contributed by atoms with Crippen LogP contribution in [0.15, 0.2) is 42.5 Å². The SMILES string of the molecule is COc1cc(N(C(C)=O)C(C)C2CCN(C(C)CC(=O)O)CC2)ccc1NC(=O)Nc1ccccc1C. The fraction of sp³-hybridized carbons (Fsp3) is 0.464. The molecule has 37 heavy (non-hydrogen) atoms. The van der Waals surface area contributed by atoms with Crippen molar-refractivity contribution in [3.05, 3.63) is 48.0 Å². The number of rotatable bonds is 9. The molecule has 9 heteroatoms. The minimum atomic E-state index is -0.787. The number of para-hydroxylation sites is 1. The second-order valence-corrected chi connectivity index (χ2v) is 9.73. The third kappa shape index (κ3) is 7.22. The van der Waals surface area contributed by atoms with E-state index in [1.807, 2.05) is 44.2 Å². The minimum Gasteiger partial charge on any atom is -0.494 e. The summed E-state index contributed by atoms with van der Waals surface area (Å²) < 4.78 is 5.55. The van der Waals surface area contributed by atoms with Crippen molar-refractivity contribution < 1.29 is 24.2 Å². The lowest BCUT2D eigenvalue weighted by Crippen LogP contribution is -2.48. The molecule has 1 aliphatic heterocycles. The number of hydrogen-bond donors (Lipinski definition) is 3. The van der Waals surface area contributed by atoms with Crippen LogP contribution in [0.1, 0.15) is 45.6 Å². The number of aliphatic carboxylic acids is 1. The zero-order valence-corrected chi connectivity index (χ0v) is 22.3. The molecule has 1 heterocycles. The van der Waals surface area contributed by atoms with Crippen molar-refractivity contribution in [1.82, 2.24) is 4.90 Å². The molecule has 2 unspecified atom stereocenters. The summed E-state index contributed by atoms with van der Waals surface area (Å²) in [5, 5.41) is 14.8. The summed E-state index contributed by atoms with van der Waals surface area (Å²) in [5.41, 5.74) is 2.86. The number of benzene rings is 2. The van der Waals surface area contributed by atoms with E-state index in [1.165, 1.54) is 7.11 Å². The van der Waals surface area contributed by atoms with Crippen molar-refractivity contribution in [2.24, 2.45) is 5.92 Å². The Morgan fingerprint density at radius 1 is 1.08 bits per heavy atom. The Hall–Kier alpha value is -3.59. The predicted molar refractivity (Wildman–Crippen MR) is 145 cm³/mol. The van der Waals surface area contributed by atoms with E-state index in [9.17, 15) is 14.4 Å². The highest BCUT2D eigenvalue weighted by Crippen LogP contribution is 2.34. The maximum absolute atomic E-state index is 12.7. The zero-order chi connectivity index (χ0) is 27.1. The minimum absolute atomic E-state index is 0.00928. The molecule has 0 saturated carbocycles. The van der Waals surface area contributed by atoms with E-state index in [0.717, 1.165) is 37.2 Å². The average molecular weight is 511 g/mol. The van der Waals surface area contributed by atoms with Crippen molar-refractivity contribution in [3.63, 3.8) is 0 Å². The van der Waals surface area contributed by atoms with Gasteiger partial charge < -0.3 is 30.3 Å². The number of aryl methyl sites for hydroxylation is 1. The van der Waals surface area contributed by atoms with Crippen LogP contribution in [-0.4, -0.2) is 60.2 Å². The molecule has 0 aromatic heterocycles. The van der Waals surface area contributed by atoms with Crippen LogP contribution in [0, 0.1) is 12.8 Å². The van der Waals surface area contributed by atoms with Crippen LogP contribution in [0.2, 0.25) is 0 Å². The Morgan fingerprint density at radius 2 is 1.73 bits per heavy atom. The van der Waals surface area contributed by atoms with Gasteiger partial charge in [-0.1, -0.05) is 18.2 Å². The van der Waals surface area contributed by atoms with Gasteiger partial charge in [0, 0.05) is 36.4 Å². The smallest absolute Gasteiger partial charge is 0.323 e. The van der Waals surface area contributed by atoms with Crippen molar-refractivity contribution in [1.29, 1.82) is 0 Å². The van der Waals surface area contributed by atoms with Crippen molar-refractivity contribution in [3.8, 4) is 5.75 Å². The first-order chi connectivity index (χ1) is 17.6. The number of hydrogen-bond acceptors (Lipinski definition) is 5. The van der Waals surface area contributed by atoms with Crippen LogP contribution >= 0.6 is 0 Å². The Balaban J connectivity index is 1.70. The molecule has 3 rings (SSSR count). The number of methoxy groups -OCH3 is 1. The molecule has 200 valence electrons. The Morgan fingerprint density at radius 3 is 2.32 bits per heavy atom. The van der Waals surface area contributed by atoms with E-state index in [4.69, 9.17) is 9.84 Å². The molecule has 3 amide bonds. The Kier molecular flexibility index (Phi) is 9.52. The number of likely N-dealkylation sites (tertiary alicyclic amines) is 1. The van der Waals surface area contributed by atoms with E-state index in [-0.39, 0.29) is 36.4 Å². The zero-order valence-electron chi connectivity index (χ0n) is 22.3. The summed E-state index contributed by atoms with van der Waals surface area (Å²) in [6.07, 6.45) is 1.89. The number of piperidine rings is 1. The standard InChI is InChI=1S/C28H38N4O5/c1-18-8-6-7-9-24(18)29-28(36)30-25-11-10-23(17-26(25)37-5)32(21(4)33)20(3)22-12-14-31(15-13-22)19(2)16-27(34)35/h6-11,17,19-20,22H,12-16H2,1-5H3,(H,34,35)(H2,29,30,36). The third-order valence-corrected chi connectivity index (χ3v) is 7.20. The molecule has 0 bridgehead atoms. The number of nitrogens with zero attached hydrogens (tertiary/aromatic N) is 2. The van der Waals surface area contributed by atoms with Crippen LogP contribution in [-0.2, 0) is 9.59 Å². The Bertz CT molecular complexity index is 1110. The number of carboxylic acids is 1. The fourth-order valence-electron chi connectivity index (χ4n) is 5.06. The first-order valence-electron chi connectivity index (χ1n) is 12.7. The summed E-state index contributed by atoms with van der Waals surface area (Å²) in [7, 11) is 1.53. The van der Waals surface area contributed by atoms with Gasteiger partial charge in [-0.15, -0.1) is 0 Å². The lowest BCUT2D eigenvalue weighted by molar-refractivity contribution is -0.138. The third-order valence-electron chi connectivity index (χ3n) is 7.20.